The van der Waals surface area contributed by atoms with Crippen molar-refractivity contribution in [2.45, 2.75) is 44.5 Å². The number of nitrogens with one attached hydrogen (secondary N) is 1. The summed E-state index contributed by atoms with van der Waals surface area (Å²) in [7, 11) is 1.80. The van der Waals surface area contributed by atoms with E-state index in [9.17, 15) is 13.2 Å². The van der Waals surface area contributed by atoms with Gasteiger partial charge in [-0.1, -0.05) is 12.1 Å². The molecule has 1 saturated carbocycles. The number of ether oxygens (including phenoxy) is 1. The fourth-order valence-electron chi connectivity index (χ4n) is 2.92. The maximum Gasteiger partial charge on any atom is 0.416 e. The minimum Gasteiger partial charge on any atom is -0.378 e. The van der Waals surface area contributed by atoms with Crippen LogP contribution in [-0.2, 0) is 10.9 Å². The van der Waals surface area contributed by atoms with E-state index in [4.69, 9.17) is 4.74 Å². The molecule has 0 aliphatic heterocycles. The van der Waals surface area contributed by atoms with Crippen LogP contribution in [0.15, 0.2) is 24.3 Å². The first-order chi connectivity index (χ1) is 9.94. The van der Waals surface area contributed by atoms with Crippen molar-refractivity contribution in [3.63, 3.8) is 0 Å². The van der Waals surface area contributed by atoms with Crippen molar-refractivity contribution in [3.8, 4) is 0 Å². The number of halogens is 3. The van der Waals surface area contributed by atoms with Crippen LogP contribution < -0.4 is 5.32 Å². The second kappa shape index (κ2) is 6.79. The molecule has 0 aromatic heterocycles. The van der Waals surface area contributed by atoms with Crippen molar-refractivity contribution in [3.05, 3.63) is 35.4 Å². The van der Waals surface area contributed by atoms with Crippen LogP contribution in [-0.4, -0.2) is 19.8 Å². The van der Waals surface area contributed by atoms with Crippen LogP contribution in [0.5, 0.6) is 0 Å². The van der Waals surface area contributed by atoms with Crippen LogP contribution in [0.3, 0.4) is 0 Å². The van der Waals surface area contributed by atoms with Gasteiger partial charge in [0.15, 0.2) is 0 Å². The Balaban J connectivity index is 1.98. The number of alkyl halides is 3. The summed E-state index contributed by atoms with van der Waals surface area (Å²) in [6, 6.07) is 5.56. The molecule has 0 spiro atoms. The lowest BCUT2D eigenvalue weighted by Crippen LogP contribution is -2.34. The topological polar surface area (TPSA) is 21.3 Å². The Hall–Kier alpha value is -1.07. The van der Waals surface area contributed by atoms with Crippen molar-refractivity contribution in [2.75, 3.05) is 13.7 Å². The van der Waals surface area contributed by atoms with Gasteiger partial charge in [0.2, 0.25) is 0 Å². The second-order valence-electron chi connectivity index (χ2n) is 5.61. The van der Waals surface area contributed by atoms with Gasteiger partial charge in [0.25, 0.3) is 0 Å². The predicted octanol–water partition coefficient (Wildman–Crippen LogP) is 4.17. The van der Waals surface area contributed by atoms with Gasteiger partial charge >= 0.3 is 6.18 Å². The third kappa shape index (κ3) is 4.20. The van der Waals surface area contributed by atoms with Gasteiger partial charge in [0, 0.05) is 12.6 Å². The molecule has 1 aromatic carbocycles. The minimum absolute atomic E-state index is 0.0418. The van der Waals surface area contributed by atoms with E-state index in [1.54, 1.807) is 13.1 Å². The molecule has 0 heterocycles. The Morgan fingerprint density at radius 1 is 1.33 bits per heavy atom. The molecule has 0 radical (unpaired) electrons. The monoisotopic (exact) mass is 301 g/mol. The highest BCUT2D eigenvalue weighted by atomic mass is 19.4. The number of hydrogen-bond acceptors (Lipinski definition) is 2. The zero-order valence-electron chi connectivity index (χ0n) is 12.4. The summed E-state index contributed by atoms with van der Waals surface area (Å²) in [5.41, 5.74) is 0.119. The van der Waals surface area contributed by atoms with Gasteiger partial charge in [0.05, 0.1) is 11.7 Å². The average molecular weight is 301 g/mol. The Kier molecular flexibility index (Phi) is 5.27. The number of hydrogen-bond donors (Lipinski definition) is 1. The van der Waals surface area contributed by atoms with Gasteiger partial charge in [-0.2, -0.15) is 13.2 Å². The summed E-state index contributed by atoms with van der Waals surface area (Å²) < 4.78 is 43.8. The molecule has 1 atom stereocenters. The van der Waals surface area contributed by atoms with Gasteiger partial charge in [-0.15, -0.1) is 0 Å². The molecule has 1 N–H and O–H groups in total. The highest BCUT2D eigenvalue weighted by molar-refractivity contribution is 5.28. The van der Waals surface area contributed by atoms with Crippen molar-refractivity contribution >= 4 is 0 Å². The molecule has 0 bridgehead atoms. The van der Waals surface area contributed by atoms with Crippen molar-refractivity contribution in [1.29, 1.82) is 0 Å². The Morgan fingerprint density at radius 3 is 2.62 bits per heavy atom. The Bertz CT molecular complexity index is 455. The standard InChI is InChI=1S/C16H22F3NO/c1-3-21-14-7-11(8-14)9-15(20-2)12-5-4-6-13(10-12)16(17,18)19/h4-6,10-11,14-15,20H,3,7-9H2,1-2H3. The molecule has 0 amide bonds. The zero-order valence-corrected chi connectivity index (χ0v) is 12.4. The van der Waals surface area contributed by atoms with E-state index in [1.807, 2.05) is 6.92 Å². The van der Waals surface area contributed by atoms with E-state index in [0.717, 1.165) is 31.9 Å². The van der Waals surface area contributed by atoms with Gasteiger partial charge in [-0.05, 0) is 56.8 Å². The smallest absolute Gasteiger partial charge is 0.378 e. The molecule has 118 valence electrons. The lowest BCUT2D eigenvalue weighted by atomic mass is 9.77. The van der Waals surface area contributed by atoms with Crippen molar-refractivity contribution in [2.24, 2.45) is 5.92 Å². The van der Waals surface area contributed by atoms with Crippen LogP contribution in [0, 0.1) is 5.92 Å². The van der Waals surface area contributed by atoms with E-state index in [-0.39, 0.29) is 6.04 Å². The van der Waals surface area contributed by atoms with Crippen molar-refractivity contribution < 1.29 is 17.9 Å². The number of benzene rings is 1. The molecule has 21 heavy (non-hydrogen) atoms. The fourth-order valence-corrected chi connectivity index (χ4v) is 2.92. The first kappa shape index (κ1) is 16.3. The van der Waals surface area contributed by atoms with Crippen molar-refractivity contribution in [1.82, 2.24) is 5.32 Å². The Morgan fingerprint density at radius 2 is 2.05 bits per heavy atom. The second-order valence-corrected chi connectivity index (χ2v) is 5.61. The van der Waals surface area contributed by atoms with Crippen LogP contribution in [0.4, 0.5) is 13.2 Å². The third-order valence-electron chi connectivity index (χ3n) is 4.13. The van der Waals surface area contributed by atoms with E-state index >= 15 is 0 Å². The molecular formula is C16H22F3NO. The summed E-state index contributed by atoms with van der Waals surface area (Å²) in [4.78, 5) is 0. The lowest BCUT2D eigenvalue weighted by molar-refractivity contribution is -0.137. The fraction of sp³-hybridized carbons (Fsp3) is 0.625. The minimum atomic E-state index is -4.29. The molecule has 5 heteroatoms. The lowest BCUT2D eigenvalue weighted by Gasteiger charge is -2.37. The SMILES string of the molecule is CCOC1CC(CC(NC)c2cccc(C(F)(F)F)c2)C1. The summed E-state index contributed by atoms with van der Waals surface area (Å²) in [5, 5.41) is 3.13. The molecule has 2 rings (SSSR count). The number of rotatable bonds is 6. The maximum atomic E-state index is 12.8. The Labute approximate surface area is 123 Å². The molecule has 1 aliphatic carbocycles. The summed E-state index contributed by atoms with van der Waals surface area (Å²) in [6.45, 7) is 2.70. The highest BCUT2D eigenvalue weighted by Crippen LogP contribution is 2.38. The molecule has 0 saturated heterocycles. The molecule has 1 aliphatic rings. The first-order valence-electron chi connectivity index (χ1n) is 7.40. The predicted molar refractivity (Wildman–Crippen MR) is 76.0 cm³/mol. The van der Waals surface area contributed by atoms with Gasteiger partial charge < -0.3 is 10.1 Å². The van der Waals surface area contributed by atoms with Crippen LogP contribution >= 0.6 is 0 Å². The van der Waals surface area contributed by atoms with Crippen LogP contribution in [0.1, 0.15) is 43.4 Å². The maximum absolute atomic E-state index is 12.8. The van der Waals surface area contributed by atoms with Gasteiger partial charge in [0.1, 0.15) is 0 Å². The van der Waals surface area contributed by atoms with Gasteiger partial charge in [-0.3, -0.25) is 0 Å². The average Bonchev–Trinajstić information content (AvgIpc) is 2.40. The van der Waals surface area contributed by atoms with Crippen LogP contribution in [0.25, 0.3) is 0 Å². The largest absolute Gasteiger partial charge is 0.416 e. The molecule has 1 aromatic rings. The van der Waals surface area contributed by atoms with E-state index in [0.29, 0.717) is 17.6 Å². The quantitative estimate of drug-likeness (QED) is 0.851. The van der Waals surface area contributed by atoms with Crippen LogP contribution in [0.2, 0.25) is 0 Å². The van der Waals surface area contributed by atoms with Gasteiger partial charge in [-0.25, -0.2) is 0 Å². The van der Waals surface area contributed by atoms with E-state index in [2.05, 4.69) is 5.32 Å². The summed E-state index contributed by atoms with van der Waals surface area (Å²) >= 11 is 0. The normalized spacial score (nSPS) is 23.7. The summed E-state index contributed by atoms with van der Waals surface area (Å²) in [5.74, 6) is 0.522. The van der Waals surface area contributed by atoms with E-state index < -0.39 is 11.7 Å². The third-order valence-corrected chi connectivity index (χ3v) is 4.13. The first-order valence-corrected chi connectivity index (χ1v) is 7.40. The molecule has 2 nitrogen and oxygen atoms in total. The summed E-state index contributed by atoms with van der Waals surface area (Å²) in [6.07, 6.45) is -1.10. The molecule has 1 fully saturated rings. The van der Waals surface area contributed by atoms with E-state index in [1.165, 1.54) is 12.1 Å². The molecular weight excluding hydrogens is 279 g/mol. The molecule has 1 unspecified atom stereocenters. The highest BCUT2D eigenvalue weighted by Gasteiger charge is 2.33. The zero-order chi connectivity index (χ0) is 15.5.